The number of hydrogen-bond acceptors (Lipinski definition) is 4. The first-order valence-corrected chi connectivity index (χ1v) is 5.49. The first kappa shape index (κ1) is 12.4. The molecule has 0 N–H and O–H groups in total. The molecule has 2 heterocycles. The van der Waals surface area contributed by atoms with Gasteiger partial charge in [-0.25, -0.2) is 10.0 Å². The number of aryl methyl sites for hydroxylation is 1. The fourth-order valence-corrected chi connectivity index (χ4v) is 1.55. The molecule has 0 aliphatic rings. The van der Waals surface area contributed by atoms with Crippen LogP contribution in [0.1, 0.15) is 5.69 Å². The smallest absolute Gasteiger partial charge is 0.283 e. The summed E-state index contributed by atoms with van der Waals surface area (Å²) in [5, 5.41) is 1.12. The first-order valence-electron chi connectivity index (χ1n) is 5.49. The van der Waals surface area contributed by atoms with Crippen molar-refractivity contribution in [3.05, 3.63) is 30.2 Å². The second-order valence-electron chi connectivity index (χ2n) is 3.85. The summed E-state index contributed by atoms with van der Waals surface area (Å²) in [6.45, 7) is 1.82. The van der Waals surface area contributed by atoms with Crippen LogP contribution in [0.5, 0.6) is 5.75 Å². The maximum atomic E-state index is 11.5. The molecule has 0 saturated heterocycles. The van der Waals surface area contributed by atoms with Crippen molar-refractivity contribution >= 4 is 11.6 Å². The molecule has 0 aliphatic carbocycles. The molecule has 2 rings (SSSR count). The minimum atomic E-state index is -0.261. The van der Waals surface area contributed by atoms with Crippen LogP contribution in [0.2, 0.25) is 0 Å². The van der Waals surface area contributed by atoms with Crippen molar-refractivity contribution in [1.29, 1.82) is 0 Å². The van der Waals surface area contributed by atoms with E-state index in [0.29, 0.717) is 11.4 Å². The average molecular weight is 249 g/mol. The van der Waals surface area contributed by atoms with E-state index in [9.17, 15) is 4.79 Å². The number of carbonyl (C=O) groups is 1. The van der Waals surface area contributed by atoms with Crippen molar-refractivity contribution < 1.29 is 14.4 Å². The molecule has 0 bridgehead atoms. The summed E-state index contributed by atoms with van der Waals surface area (Å²) in [7, 11) is 2.96. The molecule has 0 aliphatic heterocycles. The molecule has 0 spiro atoms. The van der Waals surface area contributed by atoms with Gasteiger partial charge in [-0.05, 0) is 19.1 Å². The predicted octanol–water partition coefficient (Wildman–Crippen LogP) is 1.04. The van der Waals surface area contributed by atoms with Crippen LogP contribution in [0.4, 0.5) is 0 Å². The number of likely N-dealkylation sites (N-methyl/N-ethyl adjacent to an activating group) is 1. The van der Waals surface area contributed by atoms with E-state index in [0.717, 1.165) is 10.8 Å². The Kier molecular flexibility index (Phi) is 3.47. The Bertz CT molecular complexity index is 565. The third kappa shape index (κ3) is 2.43. The summed E-state index contributed by atoms with van der Waals surface area (Å²) < 4.78 is 7.32. The largest absolute Gasteiger partial charge is 0.480 e. The average Bonchev–Trinajstić information content (AvgIpc) is 2.75. The summed E-state index contributed by atoms with van der Waals surface area (Å²) in [4.78, 5) is 20.7. The van der Waals surface area contributed by atoms with E-state index in [2.05, 4.69) is 4.98 Å². The van der Waals surface area contributed by atoms with Crippen LogP contribution in [0.3, 0.4) is 0 Å². The topological polar surface area (TPSA) is 56.1 Å². The third-order valence-corrected chi connectivity index (χ3v) is 2.54. The van der Waals surface area contributed by atoms with Gasteiger partial charge in [-0.2, -0.15) is 0 Å². The zero-order chi connectivity index (χ0) is 13.1. The lowest BCUT2D eigenvalue weighted by atomic mass is 10.4. The number of fused-ring (bicyclic) bond motifs is 1. The van der Waals surface area contributed by atoms with Crippen LogP contribution in [0, 0.1) is 6.92 Å². The van der Waals surface area contributed by atoms with Gasteiger partial charge in [0.15, 0.2) is 18.0 Å². The highest BCUT2D eigenvalue weighted by Crippen LogP contribution is 2.18. The van der Waals surface area contributed by atoms with Crippen molar-refractivity contribution in [2.24, 2.45) is 0 Å². The quantitative estimate of drug-likeness (QED) is 0.760. The van der Waals surface area contributed by atoms with Gasteiger partial charge in [0, 0.05) is 19.4 Å². The fraction of sp³-hybridized carbons (Fsp3) is 0.333. The number of amides is 1. The highest BCUT2D eigenvalue weighted by Gasteiger charge is 2.11. The van der Waals surface area contributed by atoms with E-state index in [1.165, 1.54) is 14.2 Å². The monoisotopic (exact) mass is 249 g/mol. The standard InChI is InChI=1S/C12H15N3O3/c1-9-7-15-6-4-5-10(12(15)13-9)18-8-11(16)14(2)17-3/h4-7H,8H2,1-3H3. The second-order valence-corrected chi connectivity index (χ2v) is 3.85. The van der Waals surface area contributed by atoms with Gasteiger partial charge in [0.1, 0.15) is 0 Å². The summed E-state index contributed by atoms with van der Waals surface area (Å²) in [5.74, 6) is 0.311. The van der Waals surface area contributed by atoms with E-state index in [-0.39, 0.29) is 12.5 Å². The number of aromatic nitrogens is 2. The summed E-state index contributed by atoms with van der Waals surface area (Å²) >= 11 is 0. The van der Waals surface area contributed by atoms with Gasteiger partial charge < -0.3 is 9.14 Å². The molecule has 18 heavy (non-hydrogen) atoms. The number of hydroxylamine groups is 2. The van der Waals surface area contributed by atoms with E-state index in [4.69, 9.17) is 9.57 Å². The zero-order valence-electron chi connectivity index (χ0n) is 10.6. The Hall–Kier alpha value is -2.08. The molecule has 2 aromatic heterocycles. The first-order chi connectivity index (χ1) is 8.61. The van der Waals surface area contributed by atoms with E-state index < -0.39 is 0 Å². The van der Waals surface area contributed by atoms with Crippen molar-refractivity contribution in [3.63, 3.8) is 0 Å². The minimum absolute atomic E-state index is 0.0874. The zero-order valence-corrected chi connectivity index (χ0v) is 10.6. The van der Waals surface area contributed by atoms with Gasteiger partial charge in [-0.15, -0.1) is 0 Å². The van der Waals surface area contributed by atoms with E-state index >= 15 is 0 Å². The molecular formula is C12H15N3O3. The molecule has 1 amide bonds. The van der Waals surface area contributed by atoms with Crippen molar-refractivity contribution in [3.8, 4) is 5.75 Å². The Morgan fingerprint density at radius 3 is 3.06 bits per heavy atom. The number of nitrogens with zero attached hydrogens (tertiary/aromatic N) is 3. The molecule has 0 fully saturated rings. The molecule has 0 saturated carbocycles. The van der Waals surface area contributed by atoms with Crippen LogP contribution in [-0.2, 0) is 9.63 Å². The van der Waals surface area contributed by atoms with Crippen LogP contribution < -0.4 is 4.74 Å². The van der Waals surface area contributed by atoms with Crippen LogP contribution in [0.25, 0.3) is 5.65 Å². The lowest BCUT2D eigenvalue weighted by molar-refractivity contribution is -0.170. The number of pyridine rings is 1. The minimum Gasteiger partial charge on any atom is -0.480 e. The van der Waals surface area contributed by atoms with Crippen LogP contribution >= 0.6 is 0 Å². The molecule has 0 atom stereocenters. The molecule has 0 radical (unpaired) electrons. The van der Waals surface area contributed by atoms with Crippen molar-refractivity contribution in [1.82, 2.24) is 14.4 Å². The van der Waals surface area contributed by atoms with Crippen molar-refractivity contribution in [2.45, 2.75) is 6.92 Å². The maximum absolute atomic E-state index is 11.5. The summed E-state index contributed by atoms with van der Waals surface area (Å²) in [5.41, 5.74) is 1.59. The lowest BCUT2D eigenvalue weighted by Crippen LogP contribution is -2.30. The van der Waals surface area contributed by atoms with E-state index in [1.54, 1.807) is 6.07 Å². The van der Waals surface area contributed by atoms with Crippen molar-refractivity contribution in [2.75, 3.05) is 20.8 Å². The fourth-order valence-electron chi connectivity index (χ4n) is 1.55. The number of hydrogen-bond donors (Lipinski definition) is 0. The molecule has 6 heteroatoms. The molecule has 0 unspecified atom stereocenters. The summed E-state index contributed by atoms with van der Waals surface area (Å²) in [6, 6.07) is 3.62. The van der Waals surface area contributed by atoms with Gasteiger partial charge in [0.2, 0.25) is 0 Å². The second kappa shape index (κ2) is 5.05. The number of rotatable bonds is 4. The highest BCUT2D eigenvalue weighted by atomic mass is 16.7. The summed E-state index contributed by atoms with van der Waals surface area (Å²) in [6.07, 6.45) is 3.77. The molecule has 0 aromatic carbocycles. The van der Waals surface area contributed by atoms with E-state index in [1.807, 2.05) is 29.8 Å². The Labute approximate surface area is 105 Å². The Morgan fingerprint density at radius 2 is 2.33 bits per heavy atom. The van der Waals surface area contributed by atoms with Gasteiger partial charge >= 0.3 is 0 Å². The number of carbonyl (C=O) groups excluding carboxylic acids is 1. The van der Waals surface area contributed by atoms with Crippen LogP contribution in [0.15, 0.2) is 24.5 Å². The number of imidazole rings is 1. The van der Waals surface area contributed by atoms with Gasteiger partial charge in [-0.1, -0.05) is 0 Å². The highest BCUT2D eigenvalue weighted by molar-refractivity contribution is 5.76. The maximum Gasteiger partial charge on any atom is 0.283 e. The predicted molar refractivity (Wildman–Crippen MR) is 65.2 cm³/mol. The molecular weight excluding hydrogens is 234 g/mol. The van der Waals surface area contributed by atoms with Gasteiger partial charge in [0.05, 0.1) is 12.8 Å². The normalized spacial score (nSPS) is 10.6. The van der Waals surface area contributed by atoms with Crippen LogP contribution in [-0.4, -0.2) is 41.1 Å². The molecule has 6 nitrogen and oxygen atoms in total. The number of ether oxygens (including phenoxy) is 1. The third-order valence-electron chi connectivity index (χ3n) is 2.54. The van der Waals surface area contributed by atoms with Gasteiger partial charge in [-0.3, -0.25) is 9.63 Å². The Morgan fingerprint density at radius 1 is 1.56 bits per heavy atom. The molecule has 96 valence electrons. The lowest BCUT2D eigenvalue weighted by Gasteiger charge is -2.14. The van der Waals surface area contributed by atoms with Gasteiger partial charge in [0.25, 0.3) is 5.91 Å². The Balaban J connectivity index is 2.14. The SMILES string of the molecule is CON(C)C(=O)COc1cccn2cc(C)nc12. The molecule has 2 aromatic rings.